The molecule has 0 radical (unpaired) electrons. The third kappa shape index (κ3) is 11.8. The monoisotopic (exact) mass is 228 g/mol. The fraction of sp³-hybridized carbons (Fsp3) is 1.00. The zero-order chi connectivity index (χ0) is 12.0. The van der Waals surface area contributed by atoms with E-state index >= 15 is 0 Å². The highest BCUT2D eigenvalue weighted by Gasteiger charge is 2.17. The van der Waals surface area contributed by atoms with Crippen molar-refractivity contribution in [2.45, 2.75) is 26.3 Å². The first-order valence-corrected chi connectivity index (χ1v) is 5.43. The Morgan fingerprint density at radius 3 is 1.79 bits per heavy atom. The van der Waals surface area contributed by atoms with E-state index in [-0.39, 0.29) is 5.54 Å². The molecule has 0 aliphatic heterocycles. The summed E-state index contributed by atoms with van der Waals surface area (Å²) in [6.07, 6.45) is 0. The SMILES string of the molecule is CC(CN)C(C)(C)N.COS(=O)(=O)O. The van der Waals surface area contributed by atoms with Gasteiger partial charge >= 0.3 is 10.4 Å². The fourth-order valence-electron chi connectivity index (χ4n) is 0.304. The molecule has 5 N–H and O–H groups in total. The van der Waals surface area contributed by atoms with Crippen LogP contribution in [-0.4, -0.2) is 32.2 Å². The van der Waals surface area contributed by atoms with Crippen LogP contribution in [0.15, 0.2) is 0 Å². The fourth-order valence-corrected chi connectivity index (χ4v) is 0.304. The highest BCUT2D eigenvalue weighted by Crippen LogP contribution is 2.09. The second kappa shape index (κ2) is 6.31. The molecule has 0 bridgehead atoms. The van der Waals surface area contributed by atoms with Crippen molar-refractivity contribution < 1.29 is 17.2 Å². The predicted molar refractivity (Wildman–Crippen MR) is 55.0 cm³/mol. The van der Waals surface area contributed by atoms with Gasteiger partial charge in [-0.1, -0.05) is 6.92 Å². The van der Waals surface area contributed by atoms with Crippen LogP contribution in [0.3, 0.4) is 0 Å². The summed E-state index contributed by atoms with van der Waals surface area (Å²) in [5.41, 5.74) is 11.0. The van der Waals surface area contributed by atoms with E-state index in [1.807, 2.05) is 13.8 Å². The Balaban J connectivity index is 0. The largest absolute Gasteiger partial charge is 0.397 e. The Morgan fingerprint density at radius 1 is 1.50 bits per heavy atom. The molecule has 1 atom stereocenters. The van der Waals surface area contributed by atoms with E-state index in [1.165, 1.54) is 0 Å². The summed E-state index contributed by atoms with van der Waals surface area (Å²) in [5, 5.41) is 0. The van der Waals surface area contributed by atoms with Crippen LogP contribution in [-0.2, 0) is 14.6 Å². The van der Waals surface area contributed by atoms with Crippen molar-refractivity contribution in [1.29, 1.82) is 0 Å². The molecule has 0 aliphatic rings. The van der Waals surface area contributed by atoms with Gasteiger partial charge in [-0.3, -0.25) is 8.74 Å². The Morgan fingerprint density at radius 2 is 1.79 bits per heavy atom. The minimum Gasteiger partial charge on any atom is -0.330 e. The number of nitrogens with two attached hydrogens (primary N) is 2. The summed E-state index contributed by atoms with van der Waals surface area (Å²) in [5.74, 6) is 0.405. The molecule has 1 unspecified atom stereocenters. The molecule has 0 saturated carbocycles. The van der Waals surface area contributed by atoms with E-state index in [0.717, 1.165) is 7.11 Å². The van der Waals surface area contributed by atoms with E-state index in [4.69, 9.17) is 16.0 Å². The van der Waals surface area contributed by atoms with E-state index in [2.05, 4.69) is 11.1 Å². The lowest BCUT2D eigenvalue weighted by atomic mass is 9.91. The van der Waals surface area contributed by atoms with Crippen LogP contribution in [0.25, 0.3) is 0 Å². The van der Waals surface area contributed by atoms with Crippen molar-refractivity contribution in [3.63, 3.8) is 0 Å². The molecule has 6 nitrogen and oxygen atoms in total. The molecular weight excluding hydrogens is 208 g/mol. The summed E-state index contributed by atoms with van der Waals surface area (Å²) in [6, 6.07) is 0. The normalized spacial score (nSPS) is 14.2. The van der Waals surface area contributed by atoms with Crippen molar-refractivity contribution in [2.75, 3.05) is 13.7 Å². The second-order valence-corrected chi connectivity index (χ2v) is 4.74. The maximum absolute atomic E-state index is 9.33. The zero-order valence-corrected chi connectivity index (χ0v) is 9.84. The topological polar surface area (TPSA) is 116 Å². The van der Waals surface area contributed by atoms with Gasteiger partial charge in [0.05, 0.1) is 7.11 Å². The molecule has 0 spiro atoms. The summed E-state index contributed by atoms with van der Waals surface area (Å²) >= 11 is 0. The molecule has 88 valence electrons. The van der Waals surface area contributed by atoms with Crippen molar-refractivity contribution >= 4 is 10.4 Å². The average molecular weight is 228 g/mol. The Kier molecular flexibility index (Phi) is 7.31. The van der Waals surface area contributed by atoms with Gasteiger partial charge in [0, 0.05) is 5.54 Å². The summed E-state index contributed by atoms with van der Waals surface area (Å²) in [4.78, 5) is 0. The van der Waals surface area contributed by atoms with Gasteiger partial charge in [-0.05, 0) is 26.3 Å². The first-order valence-electron chi connectivity index (χ1n) is 4.06. The summed E-state index contributed by atoms with van der Waals surface area (Å²) in [6.45, 7) is 6.71. The molecule has 0 saturated heterocycles. The quantitative estimate of drug-likeness (QED) is 0.574. The molecule has 0 rings (SSSR count). The third-order valence-electron chi connectivity index (χ3n) is 1.83. The summed E-state index contributed by atoms with van der Waals surface area (Å²) in [7, 11) is -3.29. The maximum Gasteiger partial charge on any atom is 0.397 e. The smallest absolute Gasteiger partial charge is 0.330 e. The molecule has 0 amide bonds. The minimum absolute atomic E-state index is 0.116. The molecule has 0 aliphatic carbocycles. The van der Waals surface area contributed by atoms with Gasteiger partial charge in [0.15, 0.2) is 0 Å². The molecule has 0 heterocycles. The molecule has 14 heavy (non-hydrogen) atoms. The van der Waals surface area contributed by atoms with E-state index in [0.29, 0.717) is 12.5 Å². The van der Waals surface area contributed by atoms with Crippen LogP contribution in [0.1, 0.15) is 20.8 Å². The van der Waals surface area contributed by atoms with Crippen molar-refractivity contribution in [2.24, 2.45) is 17.4 Å². The molecular formula is C7H20N2O4S. The van der Waals surface area contributed by atoms with Gasteiger partial charge in [0.1, 0.15) is 0 Å². The van der Waals surface area contributed by atoms with Crippen LogP contribution in [0, 0.1) is 5.92 Å². The number of hydrogen-bond acceptors (Lipinski definition) is 5. The summed E-state index contributed by atoms with van der Waals surface area (Å²) < 4.78 is 29.7. The molecule has 0 aromatic heterocycles. The lowest BCUT2D eigenvalue weighted by Gasteiger charge is -2.25. The third-order valence-corrected chi connectivity index (χ3v) is 2.26. The lowest BCUT2D eigenvalue weighted by Crippen LogP contribution is -2.42. The van der Waals surface area contributed by atoms with Gasteiger partial charge in [0.25, 0.3) is 0 Å². The zero-order valence-electron chi connectivity index (χ0n) is 9.02. The highest BCUT2D eigenvalue weighted by molar-refractivity contribution is 7.80. The second-order valence-electron chi connectivity index (χ2n) is 3.55. The van der Waals surface area contributed by atoms with Crippen molar-refractivity contribution in [3.8, 4) is 0 Å². The van der Waals surface area contributed by atoms with Crippen LogP contribution in [0.5, 0.6) is 0 Å². The molecule has 0 aromatic rings. The van der Waals surface area contributed by atoms with Gasteiger partial charge in [-0.15, -0.1) is 0 Å². The van der Waals surface area contributed by atoms with Crippen LogP contribution >= 0.6 is 0 Å². The Hall–Kier alpha value is -0.210. The minimum atomic E-state index is -4.16. The van der Waals surface area contributed by atoms with Gasteiger partial charge in [0.2, 0.25) is 0 Å². The molecule has 0 fully saturated rings. The van der Waals surface area contributed by atoms with E-state index in [9.17, 15) is 8.42 Å². The van der Waals surface area contributed by atoms with Crippen LogP contribution in [0.2, 0.25) is 0 Å². The van der Waals surface area contributed by atoms with Crippen molar-refractivity contribution in [1.82, 2.24) is 0 Å². The molecule has 7 heteroatoms. The van der Waals surface area contributed by atoms with E-state index < -0.39 is 10.4 Å². The van der Waals surface area contributed by atoms with Gasteiger partial charge in [-0.25, -0.2) is 0 Å². The first kappa shape index (κ1) is 16.2. The first-order chi connectivity index (χ1) is 6.04. The van der Waals surface area contributed by atoms with Crippen LogP contribution in [0.4, 0.5) is 0 Å². The maximum atomic E-state index is 9.33. The van der Waals surface area contributed by atoms with Crippen LogP contribution < -0.4 is 11.5 Å². The Labute approximate surface area is 85.6 Å². The van der Waals surface area contributed by atoms with Crippen molar-refractivity contribution in [3.05, 3.63) is 0 Å². The number of rotatable bonds is 3. The van der Waals surface area contributed by atoms with Gasteiger partial charge < -0.3 is 11.5 Å². The van der Waals surface area contributed by atoms with Gasteiger partial charge in [-0.2, -0.15) is 8.42 Å². The Bertz CT molecular complexity index is 233. The molecule has 0 aromatic carbocycles. The standard InChI is InChI=1S/C6H16N2.CH4O4S/c1-5(4-7)6(2,3)8;1-5-6(2,3)4/h5H,4,7-8H2,1-3H3;1H3,(H,2,3,4). The highest BCUT2D eigenvalue weighted by atomic mass is 32.3. The number of hydrogen-bond donors (Lipinski definition) is 3. The predicted octanol–water partition coefficient (Wildman–Crippen LogP) is -0.246. The average Bonchev–Trinajstić information content (AvgIpc) is 2.01. The van der Waals surface area contributed by atoms with E-state index in [1.54, 1.807) is 0 Å². The lowest BCUT2D eigenvalue weighted by molar-refractivity contribution is 0.324.